The van der Waals surface area contributed by atoms with Crippen molar-refractivity contribution in [2.75, 3.05) is 13.7 Å². The van der Waals surface area contributed by atoms with Crippen LogP contribution in [-0.4, -0.2) is 31.6 Å². The van der Waals surface area contributed by atoms with Crippen molar-refractivity contribution in [3.63, 3.8) is 0 Å². The Bertz CT molecular complexity index is 564. The summed E-state index contributed by atoms with van der Waals surface area (Å²) >= 11 is 11.8. The zero-order valence-electron chi connectivity index (χ0n) is 14.1. The Kier molecular flexibility index (Phi) is 8.93. The van der Waals surface area contributed by atoms with Gasteiger partial charge in [0.05, 0.1) is 18.7 Å². The number of rotatable bonds is 9. The molecular formula is C17H23Cl2NO4. The summed E-state index contributed by atoms with van der Waals surface area (Å²) in [6, 6.07) is 4.34. The molecule has 1 aromatic carbocycles. The van der Waals surface area contributed by atoms with Crippen LogP contribution in [0.25, 0.3) is 0 Å². The zero-order valence-corrected chi connectivity index (χ0v) is 15.6. The van der Waals surface area contributed by atoms with Gasteiger partial charge in [-0.25, -0.2) is 4.79 Å². The van der Waals surface area contributed by atoms with Gasteiger partial charge in [-0.05, 0) is 37.0 Å². The molecule has 5 nitrogen and oxygen atoms in total. The van der Waals surface area contributed by atoms with Crippen molar-refractivity contribution in [3.05, 3.63) is 28.2 Å². The third-order valence-corrected chi connectivity index (χ3v) is 3.76. The molecule has 0 aliphatic heterocycles. The second-order valence-electron chi connectivity index (χ2n) is 5.80. The average molecular weight is 376 g/mol. The highest BCUT2D eigenvalue weighted by atomic mass is 35.5. The first-order chi connectivity index (χ1) is 11.3. The van der Waals surface area contributed by atoms with Crippen molar-refractivity contribution < 1.29 is 19.1 Å². The normalized spacial score (nSPS) is 11.9. The molecule has 1 aromatic rings. The van der Waals surface area contributed by atoms with Crippen molar-refractivity contribution in [1.82, 2.24) is 5.32 Å². The van der Waals surface area contributed by atoms with Crippen LogP contribution >= 0.6 is 23.2 Å². The van der Waals surface area contributed by atoms with E-state index < -0.39 is 12.0 Å². The van der Waals surface area contributed by atoms with Gasteiger partial charge in [-0.3, -0.25) is 4.79 Å². The van der Waals surface area contributed by atoms with E-state index in [4.69, 9.17) is 32.7 Å². The lowest BCUT2D eigenvalue weighted by Crippen LogP contribution is -2.42. The summed E-state index contributed by atoms with van der Waals surface area (Å²) in [6.07, 6.45) is 1.28. The molecule has 1 N–H and O–H groups in total. The Labute approximate surface area is 152 Å². The van der Waals surface area contributed by atoms with Crippen LogP contribution in [0.15, 0.2) is 18.2 Å². The highest BCUT2D eigenvalue weighted by molar-refractivity contribution is 6.35. The maximum atomic E-state index is 12.0. The van der Waals surface area contributed by atoms with E-state index in [9.17, 15) is 9.59 Å². The molecule has 0 bridgehead atoms. The van der Waals surface area contributed by atoms with E-state index in [1.54, 1.807) is 18.2 Å². The Balaban J connectivity index is 2.38. The van der Waals surface area contributed by atoms with E-state index in [0.29, 0.717) is 35.2 Å². The fraction of sp³-hybridized carbons (Fsp3) is 0.529. The lowest BCUT2D eigenvalue weighted by Gasteiger charge is -2.18. The van der Waals surface area contributed by atoms with E-state index in [1.165, 1.54) is 7.11 Å². The minimum absolute atomic E-state index is 0.211. The summed E-state index contributed by atoms with van der Waals surface area (Å²) < 4.78 is 10.2. The Morgan fingerprint density at radius 2 is 1.96 bits per heavy atom. The summed E-state index contributed by atoms with van der Waals surface area (Å²) in [7, 11) is 1.31. The molecule has 0 aromatic heterocycles. The van der Waals surface area contributed by atoms with E-state index >= 15 is 0 Å². The van der Waals surface area contributed by atoms with E-state index in [0.717, 1.165) is 0 Å². The van der Waals surface area contributed by atoms with Crippen molar-refractivity contribution in [3.8, 4) is 5.75 Å². The number of hydrogen-bond acceptors (Lipinski definition) is 4. The first-order valence-electron chi connectivity index (χ1n) is 7.78. The third-order valence-electron chi connectivity index (χ3n) is 3.23. The van der Waals surface area contributed by atoms with Gasteiger partial charge in [-0.1, -0.05) is 37.0 Å². The predicted octanol–water partition coefficient (Wildman–Crippen LogP) is 3.86. The van der Waals surface area contributed by atoms with Crippen molar-refractivity contribution in [2.45, 2.75) is 39.2 Å². The minimum atomic E-state index is -0.617. The third kappa shape index (κ3) is 7.41. The fourth-order valence-corrected chi connectivity index (χ4v) is 2.56. The Morgan fingerprint density at radius 3 is 2.54 bits per heavy atom. The molecule has 0 saturated heterocycles. The molecule has 7 heteroatoms. The van der Waals surface area contributed by atoms with Crippen LogP contribution < -0.4 is 10.1 Å². The van der Waals surface area contributed by atoms with Crippen LogP contribution in [-0.2, 0) is 14.3 Å². The van der Waals surface area contributed by atoms with Gasteiger partial charge in [0.25, 0.3) is 0 Å². The van der Waals surface area contributed by atoms with E-state index in [1.807, 2.05) is 13.8 Å². The number of esters is 1. The number of nitrogens with one attached hydrogen (secondary N) is 1. The maximum absolute atomic E-state index is 12.0. The molecule has 0 saturated carbocycles. The highest BCUT2D eigenvalue weighted by Crippen LogP contribution is 2.27. The number of methoxy groups -OCH3 is 1. The standard InChI is InChI=1S/C17H23Cl2NO4/c1-11(2)9-14(17(22)23-3)20-16(21)5-4-8-24-15-7-6-12(18)10-13(15)19/h6-7,10-11,14H,4-5,8-9H2,1-3H3,(H,20,21)/t14-/m1/s1. The van der Waals surface area contributed by atoms with Gasteiger partial charge in [0, 0.05) is 11.4 Å². The van der Waals surface area contributed by atoms with E-state index in [2.05, 4.69) is 5.32 Å². The Hall–Kier alpha value is -1.46. The first-order valence-corrected chi connectivity index (χ1v) is 8.54. The quantitative estimate of drug-likeness (QED) is 0.525. The molecule has 0 spiro atoms. The molecule has 0 fully saturated rings. The van der Waals surface area contributed by atoms with E-state index in [-0.39, 0.29) is 18.2 Å². The summed E-state index contributed by atoms with van der Waals surface area (Å²) in [5.41, 5.74) is 0. The number of benzene rings is 1. The van der Waals surface area contributed by atoms with Crippen LogP contribution in [0.1, 0.15) is 33.1 Å². The summed E-state index contributed by atoms with van der Waals surface area (Å²) in [4.78, 5) is 23.6. The summed E-state index contributed by atoms with van der Waals surface area (Å²) in [6.45, 7) is 4.29. The molecule has 0 unspecified atom stereocenters. The summed E-state index contributed by atoms with van der Waals surface area (Å²) in [5.74, 6) is 0.150. The van der Waals surface area contributed by atoms with Gasteiger partial charge in [0.15, 0.2) is 0 Å². The van der Waals surface area contributed by atoms with Crippen LogP contribution in [0, 0.1) is 5.92 Å². The van der Waals surface area contributed by atoms with Crippen LogP contribution in [0.5, 0.6) is 5.75 Å². The second kappa shape index (κ2) is 10.4. The minimum Gasteiger partial charge on any atom is -0.492 e. The molecule has 134 valence electrons. The van der Waals surface area contributed by atoms with Crippen molar-refractivity contribution >= 4 is 35.1 Å². The number of ether oxygens (including phenoxy) is 2. The lowest BCUT2D eigenvalue weighted by molar-refractivity contribution is -0.145. The second-order valence-corrected chi connectivity index (χ2v) is 6.64. The maximum Gasteiger partial charge on any atom is 0.328 e. The SMILES string of the molecule is COC(=O)[C@@H](CC(C)C)NC(=O)CCCOc1ccc(Cl)cc1Cl. The van der Waals surface area contributed by atoms with Gasteiger partial charge >= 0.3 is 5.97 Å². The van der Waals surface area contributed by atoms with Crippen molar-refractivity contribution in [2.24, 2.45) is 5.92 Å². The van der Waals surface area contributed by atoms with Gasteiger partial charge in [-0.15, -0.1) is 0 Å². The fourth-order valence-electron chi connectivity index (χ4n) is 2.10. The number of carbonyl (C=O) groups is 2. The first kappa shape index (κ1) is 20.6. The average Bonchev–Trinajstić information content (AvgIpc) is 2.51. The van der Waals surface area contributed by atoms with Gasteiger partial charge in [0.1, 0.15) is 11.8 Å². The number of amides is 1. The lowest BCUT2D eigenvalue weighted by atomic mass is 10.0. The van der Waals surface area contributed by atoms with Gasteiger partial charge in [-0.2, -0.15) is 0 Å². The van der Waals surface area contributed by atoms with Crippen LogP contribution in [0.4, 0.5) is 0 Å². The molecule has 1 rings (SSSR count). The molecular weight excluding hydrogens is 353 g/mol. The topological polar surface area (TPSA) is 64.6 Å². The highest BCUT2D eigenvalue weighted by Gasteiger charge is 2.22. The smallest absolute Gasteiger partial charge is 0.328 e. The molecule has 0 radical (unpaired) electrons. The molecule has 1 atom stereocenters. The van der Waals surface area contributed by atoms with Gasteiger partial charge < -0.3 is 14.8 Å². The van der Waals surface area contributed by atoms with Crippen LogP contribution in [0.2, 0.25) is 10.0 Å². The monoisotopic (exact) mass is 375 g/mol. The van der Waals surface area contributed by atoms with Crippen LogP contribution in [0.3, 0.4) is 0 Å². The largest absolute Gasteiger partial charge is 0.492 e. The summed E-state index contributed by atoms with van der Waals surface area (Å²) in [5, 5.41) is 3.66. The number of carbonyl (C=O) groups excluding carboxylic acids is 2. The number of hydrogen-bond donors (Lipinski definition) is 1. The number of halogens is 2. The molecule has 0 aliphatic carbocycles. The van der Waals surface area contributed by atoms with Gasteiger partial charge in [0.2, 0.25) is 5.91 Å². The molecule has 24 heavy (non-hydrogen) atoms. The molecule has 1 amide bonds. The van der Waals surface area contributed by atoms with Crippen molar-refractivity contribution in [1.29, 1.82) is 0 Å². The predicted molar refractivity (Wildman–Crippen MR) is 94.6 cm³/mol. The molecule has 0 heterocycles. The molecule has 0 aliphatic rings. The Morgan fingerprint density at radius 1 is 1.25 bits per heavy atom. The zero-order chi connectivity index (χ0) is 18.1.